The van der Waals surface area contributed by atoms with Crippen LogP contribution < -0.4 is 16.6 Å². The monoisotopic (exact) mass is 248 g/mol. The lowest BCUT2D eigenvalue weighted by molar-refractivity contribution is 0.0938. The molecule has 0 radical (unpaired) electrons. The van der Waals surface area contributed by atoms with Crippen LogP contribution in [0.25, 0.3) is 0 Å². The van der Waals surface area contributed by atoms with Crippen molar-refractivity contribution in [1.82, 2.24) is 10.3 Å². The summed E-state index contributed by atoms with van der Waals surface area (Å²) in [7, 11) is 0. The molecule has 1 amide bonds. The molecule has 1 aliphatic rings. The lowest BCUT2D eigenvalue weighted by atomic mass is 10.1. The summed E-state index contributed by atoms with van der Waals surface area (Å²) >= 11 is 0. The number of hydrogen-bond acceptors (Lipinski definition) is 4. The van der Waals surface area contributed by atoms with Gasteiger partial charge in [0.1, 0.15) is 0 Å². The molecule has 1 fully saturated rings. The van der Waals surface area contributed by atoms with Gasteiger partial charge in [-0.15, -0.1) is 0 Å². The maximum Gasteiger partial charge on any atom is 0.255 e. The number of hydrogen-bond donors (Lipinski definition) is 3. The summed E-state index contributed by atoms with van der Waals surface area (Å²) in [4.78, 5) is 16.2. The molecule has 0 saturated heterocycles. The maximum absolute atomic E-state index is 12.1. The van der Waals surface area contributed by atoms with Gasteiger partial charge in [-0.25, -0.2) is 0 Å². The first-order valence-corrected chi connectivity index (χ1v) is 6.34. The van der Waals surface area contributed by atoms with Crippen molar-refractivity contribution in [3.63, 3.8) is 0 Å². The quantitative estimate of drug-likeness (QED) is 0.546. The van der Waals surface area contributed by atoms with Gasteiger partial charge in [-0.3, -0.25) is 15.6 Å². The molecule has 1 atom stereocenters. The SMILES string of the molecule is Cc1cc(NN)c(C(=O)NC(C)CC2CC2)cn1. The fraction of sp³-hybridized carbons (Fsp3) is 0.538. The van der Waals surface area contributed by atoms with Gasteiger partial charge in [0.25, 0.3) is 5.91 Å². The number of nitrogen functional groups attached to an aromatic ring is 1. The molecule has 1 aliphatic carbocycles. The Morgan fingerprint density at radius 2 is 2.33 bits per heavy atom. The second-order valence-corrected chi connectivity index (χ2v) is 5.07. The van der Waals surface area contributed by atoms with Gasteiger partial charge >= 0.3 is 0 Å². The number of carbonyl (C=O) groups is 1. The number of anilines is 1. The Balaban J connectivity index is 2.02. The van der Waals surface area contributed by atoms with Crippen LogP contribution in [0.4, 0.5) is 5.69 Å². The van der Waals surface area contributed by atoms with Gasteiger partial charge in [0.15, 0.2) is 0 Å². The highest BCUT2D eigenvalue weighted by molar-refractivity contribution is 5.99. The summed E-state index contributed by atoms with van der Waals surface area (Å²) in [6, 6.07) is 1.96. The zero-order chi connectivity index (χ0) is 13.1. The molecule has 4 N–H and O–H groups in total. The molecule has 2 rings (SSSR count). The van der Waals surface area contributed by atoms with Gasteiger partial charge in [0, 0.05) is 17.9 Å². The van der Waals surface area contributed by atoms with E-state index < -0.39 is 0 Å². The Bertz CT molecular complexity index is 443. The van der Waals surface area contributed by atoms with Crippen LogP contribution in [0.3, 0.4) is 0 Å². The van der Waals surface area contributed by atoms with Gasteiger partial charge in [-0.05, 0) is 32.3 Å². The second-order valence-electron chi connectivity index (χ2n) is 5.07. The summed E-state index contributed by atoms with van der Waals surface area (Å²) in [5.41, 5.74) is 4.47. The fourth-order valence-electron chi connectivity index (χ4n) is 2.07. The number of rotatable bonds is 5. The van der Waals surface area contributed by atoms with Gasteiger partial charge in [0.2, 0.25) is 0 Å². The molecule has 1 aromatic heterocycles. The molecule has 18 heavy (non-hydrogen) atoms. The highest BCUT2D eigenvalue weighted by Gasteiger charge is 2.24. The number of carbonyl (C=O) groups excluding carboxylic acids is 1. The first-order valence-electron chi connectivity index (χ1n) is 6.34. The summed E-state index contributed by atoms with van der Waals surface area (Å²) in [6.07, 6.45) is 5.20. The van der Waals surface area contributed by atoms with E-state index in [-0.39, 0.29) is 11.9 Å². The van der Waals surface area contributed by atoms with Crippen LogP contribution in [0, 0.1) is 12.8 Å². The van der Waals surface area contributed by atoms with Gasteiger partial charge in [-0.2, -0.15) is 0 Å². The Labute approximate surface area is 107 Å². The van der Waals surface area contributed by atoms with Crippen molar-refractivity contribution < 1.29 is 4.79 Å². The fourth-order valence-corrected chi connectivity index (χ4v) is 2.07. The third-order valence-electron chi connectivity index (χ3n) is 3.20. The average molecular weight is 248 g/mol. The molecule has 1 saturated carbocycles. The van der Waals surface area contributed by atoms with Crippen LogP contribution in [0.15, 0.2) is 12.3 Å². The predicted molar refractivity (Wildman–Crippen MR) is 71.1 cm³/mol. The number of pyridine rings is 1. The molecular formula is C13H20N4O. The summed E-state index contributed by atoms with van der Waals surface area (Å²) < 4.78 is 0. The average Bonchev–Trinajstić information content (AvgIpc) is 3.12. The summed E-state index contributed by atoms with van der Waals surface area (Å²) in [5, 5.41) is 2.99. The number of nitrogens with one attached hydrogen (secondary N) is 2. The van der Waals surface area contributed by atoms with E-state index >= 15 is 0 Å². The van der Waals surface area contributed by atoms with Crippen LogP contribution in [-0.2, 0) is 0 Å². The van der Waals surface area contributed by atoms with Crippen LogP contribution in [0.1, 0.15) is 42.2 Å². The van der Waals surface area contributed by atoms with E-state index in [0.717, 1.165) is 18.0 Å². The third kappa shape index (κ3) is 3.20. The molecule has 1 unspecified atom stereocenters. The Morgan fingerprint density at radius 3 is 2.94 bits per heavy atom. The molecule has 5 heteroatoms. The Kier molecular flexibility index (Phi) is 3.81. The summed E-state index contributed by atoms with van der Waals surface area (Å²) in [6.45, 7) is 3.89. The topological polar surface area (TPSA) is 80.0 Å². The van der Waals surface area contributed by atoms with Gasteiger partial charge in [0.05, 0.1) is 11.3 Å². The maximum atomic E-state index is 12.1. The van der Waals surface area contributed by atoms with Crippen molar-refractivity contribution in [2.75, 3.05) is 5.43 Å². The van der Waals surface area contributed by atoms with Crippen molar-refractivity contribution in [1.29, 1.82) is 0 Å². The molecule has 98 valence electrons. The number of aryl methyl sites for hydroxylation is 1. The van der Waals surface area contributed by atoms with E-state index in [1.807, 2.05) is 13.8 Å². The van der Waals surface area contributed by atoms with Crippen LogP contribution in [0.5, 0.6) is 0 Å². The van der Waals surface area contributed by atoms with Crippen molar-refractivity contribution >= 4 is 11.6 Å². The largest absolute Gasteiger partial charge is 0.349 e. The normalized spacial score (nSPS) is 16.2. The number of nitrogens with zero attached hydrogens (tertiary/aromatic N) is 1. The molecule has 1 aromatic rings. The molecule has 0 bridgehead atoms. The predicted octanol–water partition coefficient (Wildman–Crippen LogP) is 1.59. The highest BCUT2D eigenvalue weighted by Crippen LogP contribution is 2.33. The number of aromatic nitrogens is 1. The smallest absolute Gasteiger partial charge is 0.255 e. The van der Waals surface area contributed by atoms with Crippen molar-refractivity contribution in [2.45, 2.75) is 39.2 Å². The minimum absolute atomic E-state index is 0.122. The van der Waals surface area contributed by atoms with Crippen LogP contribution >= 0.6 is 0 Å². The Morgan fingerprint density at radius 1 is 1.61 bits per heavy atom. The van der Waals surface area contributed by atoms with E-state index in [2.05, 4.69) is 15.7 Å². The number of hydrazine groups is 1. The zero-order valence-corrected chi connectivity index (χ0v) is 10.9. The molecule has 1 heterocycles. The van der Waals surface area contributed by atoms with Crippen LogP contribution in [0.2, 0.25) is 0 Å². The minimum Gasteiger partial charge on any atom is -0.349 e. The van der Waals surface area contributed by atoms with E-state index in [9.17, 15) is 4.79 Å². The lowest BCUT2D eigenvalue weighted by Gasteiger charge is -2.15. The molecular weight excluding hydrogens is 228 g/mol. The van der Waals surface area contributed by atoms with Crippen molar-refractivity contribution in [3.05, 3.63) is 23.5 Å². The van der Waals surface area contributed by atoms with E-state index in [0.29, 0.717) is 11.3 Å². The second kappa shape index (κ2) is 5.35. The first kappa shape index (κ1) is 12.8. The summed E-state index contributed by atoms with van der Waals surface area (Å²) in [5.74, 6) is 6.09. The zero-order valence-electron chi connectivity index (χ0n) is 10.9. The Hall–Kier alpha value is -1.62. The van der Waals surface area contributed by atoms with Gasteiger partial charge in [-0.1, -0.05) is 12.8 Å². The van der Waals surface area contributed by atoms with E-state index in [4.69, 9.17) is 5.84 Å². The molecule has 0 aliphatic heterocycles. The number of nitrogens with two attached hydrogens (primary N) is 1. The van der Waals surface area contributed by atoms with Crippen molar-refractivity contribution in [3.8, 4) is 0 Å². The molecule has 0 aromatic carbocycles. The number of amides is 1. The van der Waals surface area contributed by atoms with Crippen molar-refractivity contribution in [2.24, 2.45) is 11.8 Å². The van der Waals surface area contributed by atoms with Gasteiger partial charge < -0.3 is 10.7 Å². The highest BCUT2D eigenvalue weighted by atomic mass is 16.1. The first-order chi connectivity index (χ1) is 8.60. The minimum atomic E-state index is -0.122. The van der Waals surface area contributed by atoms with Crippen LogP contribution in [-0.4, -0.2) is 16.9 Å². The lowest BCUT2D eigenvalue weighted by Crippen LogP contribution is -2.33. The molecule has 5 nitrogen and oxygen atoms in total. The van der Waals surface area contributed by atoms with E-state index in [1.54, 1.807) is 12.3 Å². The third-order valence-corrected chi connectivity index (χ3v) is 3.20. The van der Waals surface area contributed by atoms with E-state index in [1.165, 1.54) is 12.8 Å². The standard InChI is InChI=1S/C13H20N4O/c1-8-6-12(17-14)11(7-15-8)13(18)16-9(2)5-10-3-4-10/h6-7,9-10H,3-5,14H2,1-2H3,(H,15,17)(H,16,18). The molecule has 0 spiro atoms.